The Morgan fingerprint density at radius 1 is 0.939 bits per heavy atom. The molecular weight excluding hydrogens is 422 g/mol. The number of fused-ring (bicyclic) bond motifs is 3. The number of rotatable bonds is 6. The van der Waals surface area contributed by atoms with Gasteiger partial charge >= 0.3 is 0 Å². The molecule has 0 saturated carbocycles. The molecule has 2 saturated heterocycles. The van der Waals surface area contributed by atoms with Crippen molar-refractivity contribution in [2.45, 2.75) is 31.2 Å². The van der Waals surface area contributed by atoms with Gasteiger partial charge in [0.25, 0.3) is 0 Å². The number of halogens is 2. The monoisotopic (exact) mass is 454 g/mol. The molecule has 0 radical (unpaired) electrons. The summed E-state index contributed by atoms with van der Waals surface area (Å²) in [5.41, 5.74) is 3.05. The summed E-state index contributed by atoms with van der Waals surface area (Å²) in [7, 11) is 1.99. The smallest absolute Gasteiger partial charge is 0.236 e. The van der Waals surface area contributed by atoms with Crippen molar-refractivity contribution in [2.75, 3.05) is 57.8 Å². The molecule has 3 heterocycles. The zero-order chi connectivity index (χ0) is 22.9. The van der Waals surface area contributed by atoms with Gasteiger partial charge in [-0.3, -0.25) is 9.69 Å². The number of hydrogen-bond donors (Lipinski definition) is 0. The van der Waals surface area contributed by atoms with Crippen LogP contribution in [0.15, 0.2) is 42.5 Å². The lowest BCUT2D eigenvalue weighted by atomic mass is 9.89. The number of likely N-dealkylation sites (tertiary alicyclic amines) is 1. The average Bonchev–Trinajstić information content (AvgIpc) is 3.11. The van der Waals surface area contributed by atoms with Crippen molar-refractivity contribution in [3.8, 4) is 0 Å². The summed E-state index contributed by atoms with van der Waals surface area (Å²) in [4.78, 5) is 21.0. The first-order chi connectivity index (χ1) is 16.0. The van der Waals surface area contributed by atoms with Crippen LogP contribution in [-0.2, 0) is 4.79 Å². The van der Waals surface area contributed by atoms with E-state index in [2.05, 4.69) is 14.7 Å². The molecule has 1 amide bonds. The Hall–Kier alpha value is -2.51. The van der Waals surface area contributed by atoms with E-state index in [0.29, 0.717) is 6.54 Å². The number of nitrogens with zero attached hydrogens (tertiary/aromatic N) is 4. The Morgan fingerprint density at radius 2 is 1.70 bits per heavy atom. The quantitative estimate of drug-likeness (QED) is 0.621. The zero-order valence-corrected chi connectivity index (χ0v) is 19.2. The highest BCUT2D eigenvalue weighted by atomic mass is 19.1. The van der Waals surface area contributed by atoms with Crippen LogP contribution in [0.25, 0.3) is 0 Å². The second kappa shape index (κ2) is 9.39. The minimum absolute atomic E-state index is 0.206. The standard InChI is InChI=1S/C26H32F2N4O/c1-29-14-15-31(26(33)18-29)12-3-2-11-30-13-10-25-23(17-30)22-16-20(28)6-9-24(22)32(25)21-7-4-19(27)5-8-21/h4-9,16,23,25H,2-3,10-15,17-18H2,1H3. The van der Waals surface area contributed by atoms with Gasteiger partial charge in [-0.2, -0.15) is 0 Å². The topological polar surface area (TPSA) is 30.0 Å². The molecule has 0 aromatic heterocycles. The van der Waals surface area contributed by atoms with E-state index in [1.165, 1.54) is 18.2 Å². The third kappa shape index (κ3) is 4.62. The fraction of sp³-hybridized carbons (Fsp3) is 0.500. The Bertz CT molecular complexity index is 998. The van der Waals surface area contributed by atoms with E-state index in [0.717, 1.165) is 75.5 Å². The van der Waals surface area contributed by atoms with Crippen LogP contribution in [0.5, 0.6) is 0 Å². The Morgan fingerprint density at radius 3 is 2.48 bits per heavy atom. The molecule has 2 aromatic carbocycles. The van der Waals surface area contributed by atoms with E-state index >= 15 is 0 Å². The van der Waals surface area contributed by atoms with Crippen LogP contribution in [0, 0.1) is 11.6 Å². The maximum absolute atomic E-state index is 14.2. The molecule has 0 N–H and O–H groups in total. The van der Waals surface area contributed by atoms with Gasteiger partial charge in [0.1, 0.15) is 11.6 Å². The van der Waals surface area contributed by atoms with E-state index in [4.69, 9.17) is 0 Å². The number of benzene rings is 2. The second-order valence-electron chi connectivity index (χ2n) is 9.64. The van der Waals surface area contributed by atoms with Crippen LogP contribution in [0.3, 0.4) is 0 Å². The zero-order valence-electron chi connectivity index (χ0n) is 19.2. The van der Waals surface area contributed by atoms with Crippen LogP contribution in [0.2, 0.25) is 0 Å². The van der Waals surface area contributed by atoms with Crippen LogP contribution in [0.1, 0.15) is 30.7 Å². The molecule has 5 nitrogen and oxygen atoms in total. The van der Waals surface area contributed by atoms with Crippen molar-refractivity contribution >= 4 is 17.3 Å². The van der Waals surface area contributed by atoms with Crippen LogP contribution in [0.4, 0.5) is 20.2 Å². The molecule has 33 heavy (non-hydrogen) atoms. The van der Waals surface area contributed by atoms with Crippen LogP contribution in [-0.4, -0.2) is 79.5 Å². The Balaban J connectivity index is 1.22. The van der Waals surface area contributed by atoms with Crippen molar-refractivity contribution in [1.29, 1.82) is 0 Å². The fourth-order valence-electron chi connectivity index (χ4n) is 5.68. The van der Waals surface area contributed by atoms with Gasteiger partial charge in [-0.25, -0.2) is 8.78 Å². The van der Waals surface area contributed by atoms with Gasteiger partial charge in [-0.05, 0) is 80.9 Å². The number of likely N-dealkylation sites (N-methyl/N-ethyl adjacent to an activating group) is 1. The lowest BCUT2D eigenvalue weighted by molar-refractivity contribution is -0.135. The highest BCUT2D eigenvalue weighted by Crippen LogP contribution is 2.48. The van der Waals surface area contributed by atoms with Crippen molar-refractivity contribution in [1.82, 2.24) is 14.7 Å². The van der Waals surface area contributed by atoms with Crippen LogP contribution >= 0.6 is 0 Å². The van der Waals surface area contributed by atoms with Crippen molar-refractivity contribution in [3.05, 3.63) is 59.7 Å². The number of carbonyl (C=O) groups excluding carboxylic acids is 1. The van der Waals surface area contributed by atoms with E-state index in [9.17, 15) is 13.6 Å². The van der Waals surface area contributed by atoms with Gasteiger partial charge in [0, 0.05) is 56.1 Å². The largest absolute Gasteiger partial charge is 0.340 e. The maximum Gasteiger partial charge on any atom is 0.236 e. The average molecular weight is 455 g/mol. The summed E-state index contributed by atoms with van der Waals surface area (Å²) < 4.78 is 27.7. The van der Waals surface area contributed by atoms with Crippen molar-refractivity contribution in [3.63, 3.8) is 0 Å². The van der Waals surface area contributed by atoms with E-state index in [1.54, 1.807) is 6.07 Å². The highest BCUT2D eigenvalue weighted by Gasteiger charge is 2.42. The van der Waals surface area contributed by atoms with Crippen molar-refractivity contribution in [2.24, 2.45) is 0 Å². The molecule has 0 spiro atoms. The number of hydrogen-bond acceptors (Lipinski definition) is 4. The van der Waals surface area contributed by atoms with Crippen LogP contribution < -0.4 is 4.90 Å². The van der Waals surface area contributed by atoms with Gasteiger partial charge < -0.3 is 14.7 Å². The molecular formula is C26H32F2N4O. The molecule has 5 rings (SSSR count). The molecule has 7 heteroatoms. The second-order valence-corrected chi connectivity index (χ2v) is 9.64. The number of amides is 1. The first-order valence-electron chi connectivity index (χ1n) is 12.0. The molecule has 2 atom stereocenters. The summed E-state index contributed by atoms with van der Waals surface area (Å²) in [6.45, 7) is 6.00. The van der Waals surface area contributed by atoms with E-state index < -0.39 is 0 Å². The SMILES string of the molecule is CN1CCN(CCCCN2CCC3C(C2)c2cc(F)ccc2N3c2ccc(F)cc2)C(=O)C1. The summed E-state index contributed by atoms with van der Waals surface area (Å²) >= 11 is 0. The molecule has 3 aliphatic heterocycles. The fourth-order valence-corrected chi connectivity index (χ4v) is 5.68. The first kappa shape index (κ1) is 22.3. The number of unbranched alkanes of at least 4 members (excludes halogenated alkanes) is 1. The number of anilines is 2. The van der Waals surface area contributed by atoms with E-state index in [1.807, 2.05) is 30.1 Å². The Kier molecular flexibility index (Phi) is 6.34. The summed E-state index contributed by atoms with van der Waals surface area (Å²) in [5.74, 6) is 0.00749. The third-order valence-electron chi connectivity index (χ3n) is 7.41. The minimum atomic E-state index is -0.248. The molecule has 0 aliphatic carbocycles. The molecule has 2 unspecified atom stereocenters. The number of piperazine rings is 1. The molecule has 0 bridgehead atoms. The van der Waals surface area contributed by atoms with Gasteiger partial charge in [0.2, 0.25) is 5.91 Å². The highest BCUT2D eigenvalue weighted by molar-refractivity contribution is 5.79. The minimum Gasteiger partial charge on any atom is -0.340 e. The lowest BCUT2D eigenvalue weighted by Gasteiger charge is -2.39. The van der Waals surface area contributed by atoms with Crippen molar-refractivity contribution < 1.29 is 13.6 Å². The third-order valence-corrected chi connectivity index (χ3v) is 7.41. The molecule has 176 valence electrons. The summed E-state index contributed by atoms with van der Waals surface area (Å²) in [5, 5.41) is 0. The van der Waals surface area contributed by atoms with E-state index in [-0.39, 0.29) is 29.5 Å². The van der Waals surface area contributed by atoms with Gasteiger partial charge in [-0.1, -0.05) is 0 Å². The first-order valence-corrected chi connectivity index (χ1v) is 12.0. The maximum atomic E-state index is 14.2. The Labute approximate surface area is 194 Å². The lowest BCUT2D eigenvalue weighted by Crippen LogP contribution is -2.49. The predicted octanol–water partition coefficient (Wildman–Crippen LogP) is 3.83. The molecule has 3 aliphatic rings. The summed E-state index contributed by atoms with van der Waals surface area (Å²) in [6.07, 6.45) is 3.04. The summed E-state index contributed by atoms with van der Waals surface area (Å²) in [6, 6.07) is 11.9. The number of piperidine rings is 1. The number of carbonyl (C=O) groups is 1. The normalized spacial score (nSPS) is 23.7. The van der Waals surface area contributed by atoms with Gasteiger partial charge in [-0.15, -0.1) is 0 Å². The van der Waals surface area contributed by atoms with Gasteiger partial charge in [0.05, 0.1) is 6.54 Å². The van der Waals surface area contributed by atoms with Gasteiger partial charge in [0.15, 0.2) is 0 Å². The molecule has 2 fully saturated rings. The predicted molar refractivity (Wildman–Crippen MR) is 126 cm³/mol. The molecule has 2 aromatic rings.